The molecule has 1 spiro atoms. The van der Waals surface area contributed by atoms with Crippen molar-refractivity contribution in [2.75, 3.05) is 26.2 Å². The zero-order chi connectivity index (χ0) is 14.5. The Bertz CT molecular complexity index is 426. The number of benzene rings is 1. The average Bonchev–Trinajstić information content (AvgIpc) is 2.94. The van der Waals surface area contributed by atoms with Gasteiger partial charge in [0.05, 0.1) is 11.7 Å². The van der Waals surface area contributed by atoms with E-state index >= 15 is 0 Å². The van der Waals surface area contributed by atoms with Gasteiger partial charge in [0.1, 0.15) is 0 Å². The van der Waals surface area contributed by atoms with E-state index in [9.17, 15) is 0 Å². The number of ether oxygens (including phenoxy) is 1. The Kier molecular flexibility index (Phi) is 4.94. The van der Waals surface area contributed by atoms with Gasteiger partial charge >= 0.3 is 0 Å². The third kappa shape index (κ3) is 3.85. The summed E-state index contributed by atoms with van der Waals surface area (Å²) in [6.07, 6.45) is 7.51. The van der Waals surface area contributed by atoms with Crippen LogP contribution >= 0.6 is 0 Å². The Hall–Kier alpha value is -0.900. The lowest BCUT2D eigenvalue weighted by Gasteiger charge is -2.39. The second-order valence-corrected chi connectivity index (χ2v) is 6.63. The molecule has 2 aliphatic rings. The van der Waals surface area contributed by atoms with Crippen molar-refractivity contribution in [3.05, 3.63) is 35.9 Å². The first-order chi connectivity index (χ1) is 10.3. The Morgan fingerprint density at radius 1 is 1.14 bits per heavy atom. The molecule has 0 aromatic heterocycles. The van der Waals surface area contributed by atoms with E-state index in [1.165, 1.54) is 57.3 Å². The molecular formula is C18H28N2O. The van der Waals surface area contributed by atoms with Crippen LogP contribution in [0.3, 0.4) is 0 Å². The molecule has 1 unspecified atom stereocenters. The van der Waals surface area contributed by atoms with Crippen LogP contribution in [0.25, 0.3) is 0 Å². The molecule has 1 atom stereocenters. The van der Waals surface area contributed by atoms with E-state index in [1.54, 1.807) is 0 Å². The number of piperidine rings is 1. The number of rotatable bonds is 5. The third-order valence-electron chi connectivity index (χ3n) is 5.15. The van der Waals surface area contributed by atoms with Crippen LogP contribution in [0.15, 0.2) is 30.3 Å². The topological polar surface area (TPSA) is 38.5 Å². The lowest BCUT2D eigenvalue weighted by atomic mass is 9.88. The fourth-order valence-corrected chi connectivity index (χ4v) is 3.76. The molecule has 2 aliphatic heterocycles. The average molecular weight is 288 g/mol. The molecule has 3 nitrogen and oxygen atoms in total. The largest absolute Gasteiger partial charge is 0.370 e. The predicted octanol–water partition coefficient (Wildman–Crippen LogP) is 2.59. The zero-order valence-corrected chi connectivity index (χ0v) is 13.0. The molecule has 2 N–H and O–H groups in total. The summed E-state index contributed by atoms with van der Waals surface area (Å²) in [5, 5.41) is 0. The third-order valence-corrected chi connectivity index (χ3v) is 5.15. The van der Waals surface area contributed by atoms with Gasteiger partial charge in [-0.3, -0.25) is 0 Å². The molecule has 0 saturated carbocycles. The van der Waals surface area contributed by atoms with Gasteiger partial charge in [-0.2, -0.15) is 0 Å². The van der Waals surface area contributed by atoms with Gasteiger partial charge in [-0.05, 0) is 50.6 Å². The van der Waals surface area contributed by atoms with Crippen molar-refractivity contribution in [2.45, 2.75) is 50.2 Å². The molecule has 3 rings (SSSR count). The van der Waals surface area contributed by atoms with Gasteiger partial charge in [-0.25, -0.2) is 0 Å². The van der Waals surface area contributed by atoms with Crippen molar-refractivity contribution < 1.29 is 4.74 Å². The molecule has 0 radical (unpaired) electrons. The van der Waals surface area contributed by atoms with Crippen LogP contribution in [0.4, 0.5) is 0 Å². The number of hydrogen-bond acceptors (Lipinski definition) is 3. The highest BCUT2D eigenvalue weighted by Crippen LogP contribution is 2.38. The van der Waals surface area contributed by atoms with E-state index in [-0.39, 0.29) is 5.60 Å². The lowest BCUT2D eigenvalue weighted by Crippen LogP contribution is -2.45. The van der Waals surface area contributed by atoms with Crippen LogP contribution in [0.1, 0.15) is 37.7 Å². The first-order valence-corrected chi connectivity index (χ1v) is 8.44. The number of hydrogen-bond donors (Lipinski definition) is 1. The normalized spacial score (nSPS) is 25.5. The maximum Gasteiger partial charge on any atom is 0.0712 e. The van der Waals surface area contributed by atoms with Gasteiger partial charge in [0.15, 0.2) is 0 Å². The quantitative estimate of drug-likeness (QED) is 0.905. The Balaban J connectivity index is 1.38. The summed E-state index contributed by atoms with van der Waals surface area (Å²) in [6, 6.07) is 10.8. The van der Waals surface area contributed by atoms with E-state index in [1.807, 2.05) is 0 Å². The lowest BCUT2D eigenvalue weighted by molar-refractivity contribution is -0.0739. The number of nitrogens with two attached hydrogens (primary N) is 1. The Labute approximate surface area is 128 Å². The number of aryl methyl sites for hydroxylation is 1. The highest BCUT2D eigenvalue weighted by atomic mass is 16.5. The Morgan fingerprint density at radius 2 is 1.90 bits per heavy atom. The molecular weight excluding hydrogens is 260 g/mol. The summed E-state index contributed by atoms with van der Waals surface area (Å²) in [6.45, 7) is 4.27. The first-order valence-electron chi connectivity index (χ1n) is 8.44. The fourth-order valence-electron chi connectivity index (χ4n) is 3.76. The van der Waals surface area contributed by atoms with E-state index in [0.717, 1.165) is 6.42 Å². The van der Waals surface area contributed by atoms with Crippen LogP contribution in [0.5, 0.6) is 0 Å². The SMILES string of the molecule is NCC1CCC2(CCN(CCCc3ccccc3)CC2)O1. The van der Waals surface area contributed by atoms with Crippen LogP contribution in [-0.2, 0) is 11.2 Å². The van der Waals surface area contributed by atoms with Crippen molar-refractivity contribution in [3.63, 3.8) is 0 Å². The monoisotopic (exact) mass is 288 g/mol. The highest BCUT2D eigenvalue weighted by molar-refractivity contribution is 5.14. The number of likely N-dealkylation sites (tertiary alicyclic amines) is 1. The van der Waals surface area contributed by atoms with E-state index in [2.05, 4.69) is 35.2 Å². The highest BCUT2D eigenvalue weighted by Gasteiger charge is 2.41. The first kappa shape index (κ1) is 15.0. The minimum Gasteiger partial charge on any atom is -0.370 e. The maximum atomic E-state index is 6.21. The van der Waals surface area contributed by atoms with Gasteiger partial charge < -0.3 is 15.4 Å². The predicted molar refractivity (Wildman–Crippen MR) is 86.3 cm³/mol. The fraction of sp³-hybridized carbons (Fsp3) is 0.667. The van der Waals surface area contributed by atoms with Crippen molar-refractivity contribution in [1.29, 1.82) is 0 Å². The molecule has 0 aliphatic carbocycles. The summed E-state index contributed by atoms with van der Waals surface area (Å²) in [5.41, 5.74) is 7.36. The number of nitrogens with zero attached hydrogens (tertiary/aromatic N) is 1. The van der Waals surface area contributed by atoms with Crippen molar-refractivity contribution in [3.8, 4) is 0 Å². The zero-order valence-electron chi connectivity index (χ0n) is 13.0. The second kappa shape index (κ2) is 6.91. The van der Waals surface area contributed by atoms with E-state index < -0.39 is 0 Å². The van der Waals surface area contributed by atoms with E-state index in [4.69, 9.17) is 10.5 Å². The van der Waals surface area contributed by atoms with Gasteiger partial charge in [0.25, 0.3) is 0 Å². The standard InChI is InChI=1S/C18H28N2O/c19-15-17-8-9-18(21-17)10-13-20(14-11-18)12-4-7-16-5-2-1-3-6-16/h1-3,5-6,17H,4,7-15,19H2. The summed E-state index contributed by atoms with van der Waals surface area (Å²) in [5.74, 6) is 0. The second-order valence-electron chi connectivity index (χ2n) is 6.63. The Morgan fingerprint density at radius 3 is 2.57 bits per heavy atom. The van der Waals surface area contributed by atoms with Gasteiger partial charge in [-0.1, -0.05) is 30.3 Å². The van der Waals surface area contributed by atoms with Gasteiger partial charge in [0.2, 0.25) is 0 Å². The van der Waals surface area contributed by atoms with Crippen LogP contribution < -0.4 is 5.73 Å². The van der Waals surface area contributed by atoms with Crippen LogP contribution in [0, 0.1) is 0 Å². The van der Waals surface area contributed by atoms with Crippen LogP contribution in [0.2, 0.25) is 0 Å². The summed E-state index contributed by atoms with van der Waals surface area (Å²) in [7, 11) is 0. The summed E-state index contributed by atoms with van der Waals surface area (Å²) < 4.78 is 6.21. The molecule has 3 heteroatoms. The molecule has 1 aromatic rings. The molecule has 1 aromatic carbocycles. The molecule has 2 fully saturated rings. The van der Waals surface area contributed by atoms with Crippen LogP contribution in [-0.4, -0.2) is 42.8 Å². The van der Waals surface area contributed by atoms with Crippen molar-refractivity contribution in [2.24, 2.45) is 5.73 Å². The maximum absolute atomic E-state index is 6.21. The molecule has 0 bridgehead atoms. The van der Waals surface area contributed by atoms with E-state index in [0.29, 0.717) is 12.6 Å². The van der Waals surface area contributed by atoms with Crippen molar-refractivity contribution in [1.82, 2.24) is 4.90 Å². The van der Waals surface area contributed by atoms with Crippen molar-refractivity contribution >= 4 is 0 Å². The molecule has 21 heavy (non-hydrogen) atoms. The molecule has 116 valence electrons. The molecule has 2 heterocycles. The molecule has 2 saturated heterocycles. The van der Waals surface area contributed by atoms with Gasteiger partial charge in [-0.15, -0.1) is 0 Å². The molecule has 0 amide bonds. The van der Waals surface area contributed by atoms with Gasteiger partial charge in [0, 0.05) is 19.6 Å². The minimum absolute atomic E-state index is 0.167. The summed E-state index contributed by atoms with van der Waals surface area (Å²) >= 11 is 0. The smallest absolute Gasteiger partial charge is 0.0712 e. The summed E-state index contributed by atoms with van der Waals surface area (Å²) in [4.78, 5) is 2.60. The minimum atomic E-state index is 0.167.